The van der Waals surface area contributed by atoms with E-state index in [0.717, 1.165) is 34.8 Å². The van der Waals surface area contributed by atoms with Crippen LogP contribution in [0, 0.1) is 5.82 Å². The first-order chi connectivity index (χ1) is 19.7. The summed E-state index contributed by atoms with van der Waals surface area (Å²) >= 11 is 0. The smallest absolute Gasteiger partial charge is 0.264 e. The average Bonchev–Trinajstić information content (AvgIpc) is 2.97. The standard InChI is InChI=1S/C31H38FN3O5S/c1-4-6-21-33-31(37)24(3)34(22-20-25-10-8-7-9-11-25)30(36)23-35(27-14-12-26(32)13-15-27)41(38,39)29-18-16-28(17-19-29)40-5-2/h7-19,24H,4-6,20-23H2,1-3H3,(H,33,37)/t24-/m0/s1. The lowest BCUT2D eigenvalue weighted by molar-refractivity contribution is -0.138. The highest BCUT2D eigenvalue weighted by Crippen LogP contribution is 2.26. The van der Waals surface area contributed by atoms with Crippen molar-refractivity contribution in [1.29, 1.82) is 0 Å². The van der Waals surface area contributed by atoms with Crippen molar-refractivity contribution in [2.75, 3.05) is 30.5 Å². The van der Waals surface area contributed by atoms with E-state index < -0.39 is 34.3 Å². The Kier molecular flexibility index (Phi) is 11.7. The molecule has 3 aromatic carbocycles. The van der Waals surface area contributed by atoms with Crippen LogP contribution in [0.1, 0.15) is 39.2 Å². The number of hydrogen-bond acceptors (Lipinski definition) is 5. The number of nitrogens with one attached hydrogen (secondary N) is 1. The van der Waals surface area contributed by atoms with Gasteiger partial charge in [0.05, 0.1) is 17.2 Å². The third-order valence-electron chi connectivity index (χ3n) is 6.60. The molecule has 2 amide bonds. The summed E-state index contributed by atoms with van der Waals surface area (Å²) in [5.74, 6) is -0.910. The fourth-order valence-corrected chi connectivity index (χ4v) is 5.66. The van der Waals surface area contributed by atoms with Crippen molar-refractivity contribution in [3.05, 3.63) is 90.2 Å². The molecule has 0 heterocycles. The molecule has 1 atom stereocenters. The van der Waals surface area contributed by atoms with Gasteiger partial charge in [0.1, 0.15) is 24.2 Å². The summed E-state index contributed by atoms with van der Waals surface area (Å²) in [7, 11) is -4.25. The van der Waals surface area contributed by atoms with Gasteiger partial charge in [-0.15, -0.1) is 0 Å². The molecule has 0 saturated carbocycles. The van der Waals surface area contributed by atoms with E-state index in [1.807, 2.05) is 44.2 Å². The van der Waals surface area contributed by atoms with E-state index in [4.69, 9.17) is 4.74 Å². The summed E-state index contributed by atoms with van der Waals surface area (Å²) in [6.45, 7) is 5.99. The van der Waals surface area contributed by atoms with Gasteiger partial charge in [0.25, 0.3) is 10.0 Å². The molecule has 0 spiro atoms. The maximum atomic E-state index is 13.9. The number of carbonyl (C=O) groups excluding carboxylic acids is 2. The third-order valence-corrected chi connectivity index (χ3v) is 8.39. The lowest BCUT2D eigenvalue weighted by Gasteiger charge is -2.32. The van der Waals surface area contributed by atoms with E-state index in [1.54, 1.807) is 6.92 Å². The Hall–Kier alpha value is -3.92. The molecule has 41 heavy (non-hydrogen) atoms. The molecular weight excluding hydrogens is 545 g/mol. The van der Waals surface area contributed by atoms with Gasteiger partial charge < -0.3 is 15.0 Å². The van der Waals surface area contributed by atoms with Crippen LogP contribution >= 0.6 is 0 Å². The highest BCUT2D eigenvalue weighted by molar-refractivity contribution is 7.92. The number of carbonyl (C=O) groups is 2. The van der Waals surface area contributed by atoms with E-state index >= 15 is 0 Å². The fourth-order valence-electron chi connectivity index (χ4n) is 4.24. The molecule has 0 unspecified atom stereocenters. The monoisotopic (exact) mass is 583 g/mol. The molecular formula is C31H38FN3O5S. The topological polar surface area (TPSA) is 96.0 Å². The third kappa shape index (κ3) is 8.78. The summed E-state index contributed by atoms with van der Waals surface area (Å²) in [4.78, 5) is 28.2. The number of anilines is 1. The zero-order chi connectivity index (χ0) is 29.8. The Bertz CT molecular complexity index is 1370. The van der Waals surface area contributed by atoms with Crippen LogP contribution in [0.4, 0.5) is 10.1 Å². The number of ether oxygens (including phenoxy) is 1. The predicted molar refractivity (Wildman–Crippen MR) is 158 cm³/mol. The van der Waals surface area contributed by atoms with Crippen LogP contribution in [-0.2, 0) is 26.0 Å². The lowest BCUT2D eigenvalue weighted by Crippen LogP contribution is -2.52. The molecule has 0 aliphatic heterocycles. The van der Waals surface area contributed by atoms with Crippen LogP contribution in [-0.4, -0.2) is 57.4 Å². The van der Waals surface area contributed by atoms with E-state index in [2.05, 4.69) is 5.32 Å². The normalized spacial score (nSPS) is 11.9. The van der Waals surface area contributed by atoms with Gasteiger partial charge in [-0.1, -0.05) is 43.7 Å². The molecule has 0 aliphatic carbocycles. The van der Waals surface area contributed by atoms with E-state index in [0.29, 0.717) is 25.3 Å². The van der Waals surface area contributed by atoms with Crippen molar-refractivity contribution in [1.82, 2.24) is 10.2 Å². The van der Waals surface area contributed by atoms with E-state index in [-0.39, 0.29) is 23.0 Å². The maximum Gasteiger partial charge on any atom is 0.264 e. The van der Waals surface area contributed by atoms with Crippen LogP contribution in [0.2, 0.25) is 0 Å². The van der Waals surface area contributed by atoms with Crippen molar-refractivity contribution in [2.45, 2.75) is 51.0 Å². The molecule has 0 saturated heterocycles. The molecule has 8 nitrogen and oxygen atoms in total. The number of halogens is 1. The first-order valence-corrected chi connectivity index (χ1v) is 15.2. The lowest BCUT2D eigenvalue weighted by atomic mass is 10.1. The maximum absolute atomic E-state index is 13.9. The molecule has 1 N–H and O–H groups in total. The predicted octanol–water partition coefficient (Wildman–Crippen LogP) is 4.80. The van der Waals surface area contributed by atoms with Crippen LogP contribution in [0.5, 0.6) is 5.75 Å². The highest BCUT2D eigenvalue weighted by Gasteiger charge is 2.32. The van der Waals surface area contributed by atoms with Gasteiger partial charge >= 0.3 is 0 Å². The molecule has 0 fully saturated rings. The van der Waals surface area contributed by atoms with Gasteiger partial charge in [0, 0.05) is 13.1 Å². The Morgan fingerprint density at radius 2 is 1.61 bits per heavy atom. The van der Waals surface area contributed by atoms with Gasteiger partial charge in [-0.05, 0) is 80.8 Å². The van der Waals surface area contributed by atoms with Gasteiger partial charge in [0.15, 0.2) is 0 Å². The number of unbranched alkanes of at least 4 members (excludes halogenated alkanes) is 1. The van der Waals surface area contributed by atoms with E-state index in [1.165, 1.54) is 41.3 Å². The molecule has 3 rings (SSSR count). The second kappa shape index (κ2) is 15.2. The Balaban J connectivity index is 1.94. The van der Waals surface area contributed by atoms with Crippen LogP contribution in [0.3, 0.4) is 0 Å². The van der Waals surface area contributed by atoms with Crippen LogP contribution < -0.4 is 14.4 Å². The molecule has 0 aromatic heterocycles. The highest BCUT2D eigenvalue weighted by atomic mass is 32.2. The molecule has 3 aromatic rings. The number of benzene rings is 3. The number of hydrogen-bond donors (Lipinski definition) is 1. The Labute approximate surface area is 242 Å². The number of nitrogens with zero attached hydrogens (tertiary/aromatic N) is 2. The van der Waals surface area contributed by atoms with Gasteiger partial charge in [-0.3, -0.25) is 13.9 Å². The summed E-state index contributed by atoms with van der Waals surface area (Å²) in [6.07, 6.45) is 2.18. The Morgan fingerprint density at radius 3 is 2.22 bits per heavy atom. The number of sulfonamides is 1. The van der Waals surface area contributed by atoms with Crippen molar-refractivity contribution >= 4 is 27.5 Å². The summed E-state index contributed by atoms with van der Waals surface area (Å²) in [5, 5.41) is 2.86. The Morgan fingerprint density at radius 1 is 0.951 bits per heavy atom. The minimum absolute atomic E-state index is 0.0562. The average molecular weight is 584 g/mol. The summed E-state index contributed by atoms with van der Waals surface area (Å²) < 4.78 is 47.8. The minimum Gasteiger partial charge on any atom is -0.494 e. The van der Waals surface area contributed by atoms with Crippen molar-refractivity contribution < 1.29 is 27.1 Å². The quantitative estimate of drug-likeness (QED) is 0.260. The van der Waals surface area contributed by atoms with Crippen molar-refractivity contribution in [3.63, 3.8) is 0 Å². The van der Waals surface area contributed by atoms with Crippen molar-refractivity contribution in [3.8, 4) is 5.75 Å². The molecule has 10 heteroatoms. The largest absolute Gasteiger partial charge is 0.494 e. The van der Waals surface area contributed by atoms with Crippen molar-refractivity contribution in [2.24, 2.45) is 0 Å². The van der Waals surface area contributed by atoms with Gasteiger partial charge in [-0.25, -0.2) is 12.8 Å². The fraction of sp³-hybridized carbons (Fsp3) is 0.355. The molecule has 0 bridgehead atoms. The molecule has 0 aliphatic rings. The zero-order valence-corrected chi connectivity index (χ0v) is 24.6. The van der Waals surface area contributed by atoms with Crippen LogP contribution in [0.15, 0.2) is 83.8 Å². The van der Waals surface area contributed by atoms with Crippen LogP contribution in [0.25, 0.3) is 0 Å². The SMILES string of the molecule is CCCCNC(=O)[C@H](C)N(CCc1ccccc1)C(=O)CN(c1ccc(F)cc1)S(=O)(=O)c1ccc(OCC)cc1. The first-order valence-electron chi connectivity index (χ1n) is 13.8. The second-order valence-corrected chi connectivity index (χ2v) is 11.4. The molecule has 220 valence electrons. The van der Waals surface area contributed by atoms with E-state index in [9.17, 15) is 22.4 Å². The summed E-state index contributed by atoms with van der Waals surface area (Å²) in [5.41, 5.74) is 1.10. The number of amides is 2. The first kappa shape index (κ1) is 31.6. The van der Waals surface area contributed by atoms with Gasteiger partial charge in [-0.2, -0.15) is 0 Å². The summed E-state index contributed by atoms with van der Waals surface area (Å²) in [6, 6.07) is 19.5. The van der Waals surface area contributed by atoms with Gasteiger partial charge in [0.2, 0.25) is 11.8 Å². The molecule has 0 radical (unpaired) electrons. The number of rotatable bonds is 15. The zero-order valence-electron chi connectivity index (χ0n) is 23.8. The second-order valence-electron chi connectivity index (χ2n) is 9.54. The minimum atomic E-state index is -4.25.